The van der Waals surface area contributed by atoms with Gasteiger partial charge in [-0.3, -0.25) is 4.79 Å². The third kappa shape index (κ3) is 3.62. The summed E-state index contributed by atoms with van der Waals surface area (Å²) in [6, 6.07) is 8.46. The van der Waals surface area contributed by atoms with Crippen molar-refractivity contribution in [2.24, 2.45) is 5.73 Å². The molecule has 6 heteroatoms. The SMILES string of the molecule is Cl.NC(=O)C(Cl)(Cl)Oc1ccccc1. The number of nitrogens with two attached hydrogens (primary N) is 1. The molecule has 2 N–H and O–H groups in total. The molecule has 0 aliphatic rings. The van der Waals surface area contributed by atoms with E-state index in [2.05, 4.69) is 0 Å². The second-order valence-corrected chi connectivity index (χ2v) is 3.55. The van der Waals surface area contributed by atoms with Crippen molar-refractivity contribution in [1.29, 1.82) is 0 Å². The van der Waals surface area contributed by atoms with Crippen molar-refractivity contribution in [3.8, 4) is 5.75 Å². The van der Waals surface area contributed by atoms with Crippen LogP contribution < -0.4 is 10.5 Å². The number of carbonyl (C=O) groups is 1. The molecule has 78 valence electrons. The molecule has 1 aromatic rings. The Morgan fingerprint density at radius 3 is 2.21 bits per heavy atom. The van der Waals surface area contributed by atoms with Gasteiger partial charge in [-0.2, -0.15) is 0 Å². The van der Waals surface area contributed by atoms with E-state index in [-0.39, 0.29) is 12.4 Å². The first-order valence-corrected chi connectivity index (χ1v) is 4.20. The van der Waals surface area contributed by atoms with E-state index in [1.165, 1.54) is 0 Å². The van der Waals surface area contributed by atoms with Crippen LogP contribution in [0.2, 0.25) is 0 Å². The maximum atomic E-state index is 10.7. The standard InChI is InChI=1S/C8H7Cl2NO2.ClH/c9-8(10,7(11)12)13-6-4-2-1-3-5-6;/h1-5H,(H2,11,12);1H. The molecule has 0 spiro atoms. The van der Waals surface area contributed by atoms with Crippen molar-refractivity contribution >= 4 is 41.5 Å². The zero-order valence-electron chi connectivity index (χ0n) is 6.94. The van der Waals surface area contributed by atoms with Crippen LogP contribution in [0.15, 0.2) is 30.3 Å². The molecular weight excluding hydrogens is 248 g/mol. The van der Waals surface area contributed by atoms with Crippen molar-refractivity contribution in [2.45, 2.75) is 4.52 Å². The van der Waals surface area contributed by atoms with E-state index in [0.717, 1.165) is 0 Å². The smallest absolute Gasteiger partial charge is 0.338 e. The Balaban J connectivity index is 0.00000169. The minimum Gasteiger partial charge on any atom is -0.450 e. The average molecular weight is 257 g/mol. The molecule has 1 amide bonds. The van der Waals surface area contributed by atoms with Crippen LogP contribution in [0, 0.1) is 0 Å². The predicted molar refractivity (Wildman–Crippen MR) is 57.9 cm³/mol. The molecule has 0 heterocycles. The van der Waals surface area contributed by atoms with Gasteiger partial charge in [-0.1, -0.05) is 18.2 Å². The molecule has 0 atom stereocenters. The van der Waals surface area contributed by atoms with Gasteiger partial charge < -0.3 is 10.5 Å². The van der Waals surface area contributed by atoms with Crippen molar-refractivity contribution in [2.75, 3.05) is 0 Å². The Kier molecular flexibility index (Phi) is 5.05. The highest BCUT2D eigenvalue weighted by molar-refractivity contribution is 6.56. The second kappa shape index (κ2) is 5.29. The first kappa shape index (κ1) is 13.4. The van der Waals surface area contributed by atoms with Gasteiger partial charge in [0.15, 0.2) is 0 Å². The summed E-state index contributed by atoms with van der Waals surface area (Å²) in [6.07, 6.45) is 0. The molecule has 0 saturated carbocycles. The fourth-order valence-corrected chi connectivity index (χ4v) is 0.865. The number of hydrogen-bond acceptors (Lipinski definition) is 2. The summed E-state index contributed by atoms with van der Waals surface area (Å²) in [5, 5.41) is 0. The number of ether oxygens (including phenoxy) is 1. The number of alkyl halides is 2. The number of rotatable bonds is 3. The molecule has 0 fully saturated rings. The Morgan fingerprint density at radius 1 is 1.29 bits per heavy atom. The van der Waals surface area contributed by atoms with E-state index in [9.17, 15) is 4.79 Å². The van der Waals surface area contributed by atoms with Crippen molar-refractivity contribution in [3.05, 3.63) is 30.3 Å². The van der Waals surface area contributed by atoms with Gasteiger partial charge in [-0.15, -0.1) is 12.4 Å². The van der Waals surface area contributed by atoms with Crippen molar-refractivity contribution in [1.82, 2.24) is 0 Å². The van der Waals surface area contributed by atoms with Gasteiger partial charge in [0, 0.05) is 0 Å². The van der Waals surface area contributed by atoms with Crippen LogP contribution in [0.4, 0.5) is 0 Å². The van der Waals surface area contributed by atoms with Gasteiger partial charge in [0.25, 0.3) is 5.91 Å². The van der Waals surface area contributed by atoms with Crippen molar-refractivity contribution in [3.63, 3.8) is 0 Å². The lowest BCUT2D eigenvalue weighted by atomic mass is 10.3. The Morgan fingerprint density at radius 2 is 1.79 bits per heavy atom. The minimum absolute atomic E-state index is 0. The number of carbonyl (C=O) groups excluding carboxylic acids is 1. The minimum atomic E-state index is -2.01. The van der Waals surface area contributed by atoms with Gasteiger partial charge >= 0.3 is 4.52 Å². The zero-order chi connectivity index (χ0) is 9.90. The van der Waals surface area contributed by atoms with E-state index >= 15 is 0 Å². The summed E-state index contributed by atoms with van der Waals surface area (Å²) in [7, 11) is 0. The molecule has 0 bridgehead atoms. The molecular formula is C8H8Cl3NO2. The average Bonchev–Trinajstić information content (AvgIpc) is 2.05. The third-order valence-electron chi connectivity index (χ3n) is 1.28. The summed E-state index contributed by atoms with van der Waals surface area (Å²) in [5.74, 6) is -0.564. The molecule has 1 aromatic carbocycles. The predicted octanol–water partition coefficient (Wildman–Crippen LogP) is 2.10. The monoisotopic (exact) mass is 255 g/mol. The maximum absolute atomic E-state index is 10.7. The summed E-state index contributed by atoms with van der Waals surface area (Å²) in [4.78, 5) is 10.7. The molecule has 0 aliphatic heterocycles. The highest BCUT2D eigenvalue weighted by atomic mass is 35.5. The number of primary amides is 1. The van der Waals surface area contributed by atoms with Crippen LogP contribution >= 0.6 is 35.6 Å². The number of hydrogen-bond donors (Lipinski definition) is 1. The summed E-state index contributed by atoms with van der Waals surface area (Å²) in [6.45, 7) is 0. The molecule has 0 aliphatic carbocycles. The molecule has 3 nitrogen and oxygen atoms in total. The van der Waals surface area contributed by atoms with Crippen molar-refractivity contribution < 1.29 is 9.53 Å². The number of halogens is 3. The zero-order valence-corrected chi connectivity index (χ0v) is 9.27. The summed E-state index contributed by atoms with van der Waals surface area (Å²) >= 11 is 10.9. The van der Waals surface area contributed by atoms with Crippen LogP contribution in [0.1, 0.15) is 0 Å². The lowest BCUT2D eigenvalue weighted by molar-refractivity contribution is -0.123. The van der Waals surface area contributed by atoms with Gasteiger partial charge in [0.1, 0.15) is 5.75 Å². The van der Waals surface area contributed by atoms with Crippen LogP contribution in [0.3, 0.4) is 0 Å². The molecule has 0 saturated heterocycles. The van der Waals surface area contributed by atoms with Crippen LogP contribution in [-0.4, -0.2) is 10.4 Å². The Bertz CT molecular complexity index is 303. The van der Waals surface area contributed by atoms with E-state index in [1.54, 1.807) is 30.3 Å². The quantitative estimate of drug-likeness (QED) is 0.842. The number of amides is 1. The van der Waals surface area contributed by atoms with Crippen LogP contribution in [0.25, 0.3) is 0 Å². The maximum Gasteiger partial charge on any atom is 0.338 e. The van der Waals surface area contributed by atoms with E-state index in [4.69, 9.17) is 33.7 Å². The Labute approximate surface area is 97.5 Å². The van der Waals surface area contributed by atoms with Gasteiger partial charge in [0.2, 0.25) is 0 Å². The number of benzene rings is 1. The third-order valence-corrected chi connectivity index (χ3v) is 1.80. The fourth-order valence-electron chi connectivity index (χ4n) is 0.687. The molecule has 14 heavy (non-hydrogen) atoms. The number of para-hydroxylation sites is 1. The topological polar surface area (TPSA) is 52.3 Å². The lowest BCUT2D eigenvalue weighted by Gasteiger charge is -2.16. The van der Waals surface area contributed by atoms with E-state index in [1.807, 2.05) is 0 Å². The van der Waals surface area contributed by atoms with E-state index in [0.29, 0.717) is 5.75 Å². The van der Waals surface area contributed by atoms with Crippen LogP contribution in [0.5, 0.6) is 5.75 Å². The Hall–Kier alpha value is -0.640. The van der Waals surface area contributed by atoms with Gasteiger partial charge in [-0.05, 0) is 35.3 Å². The molecule has 1 rings (SSSR count). The van der Waals surface area contributed by atoms with E-state index < -0.39 is 10.4 Å². The highest BCUT2D eigenvalue weighted by Crippen LogP contribution is 2.25. The normalized spacial score (nSPS) is 10.1. The largest absolute Gasteiger partial charge is 0.450 e. The first-order valence-electron chi connectivity index (χ1n) is 3.44. The summed E-state index contributed by atoms with van der Waals surface area (Å²) in [5.41, 5.74) is 4.89. The highest BCUT2D eigenvalue weighted by Gasteiger charge is 2.33. The van der Waals surface area contributed by atoms with Gasteiger partial charge in [-0.25, -0.2) is 0 Å². The lowest BCUT2D eigenvalue weighted by Crippen LogP contribution is -2.38. The fraction of sp³-hybridized carbons (Fsp3) is 0.125. The second-order valence-electron chi connectivity index (χ2n) is 2.30. The van der Waals surface area contributed by atoms with Crippen LogP contribution in [-0.2, 0) is 4.79 Å². The summed E-state index contributed by atoms with van der Waals surface area (Å²) < 4.78 is 2.91. The molecule has 0 aromatic heterocycles. The molecule has 0 radical (unpaired) electrons. The molecule has 0 unspecified atom stereocenters. The van der Waals surface area contributed by atoms with Gasteiger partial charge in [0.05, 0.1) is 0 Å². The first-order chi connectivity index (χ1) is 6.02.